The van der Waals surface area contributed by atoms with E-state index in [1.807, 2.05) is 30.3 Å². The first-order valence-electron chi connectivity index (χ1n) is 10.4. The van der Waals surface area contributed by atoms with E-state index >= 15 is 0 Å². The number of nitrogens with zero attached hydrogens (tertiary/aromatic N) is 2. The number of rotatable bonds is 5. The molecule has 2 heterocycles. The summed E-state index contributed by atoms with van der Waals surface area (Å²) in [5.41, 5.74) is 2.60. The molecule has 2 aliphatic rings. The number of piperidine rings is 1. The minimum Gasteiger partial charge on any atom is -0.497 e. The molecule has 0 radical (unpaired) electrons. The Morgan fingerprint density at radius 3 is 2.25 bits per heavy atom. The maximum atomic E-state index is 13.1. The van der Waals surface area contributed by atoms with Gasteiger partial charge in [-0.25, -0.2) is 0 Å². The smallest absolute Gasteiger partial charge is 0.240 e. The Morgan fingerprint density at radius 2 is 1.61 bits per heavy atom. The van der Waals surface area contributed by atoms with Crippen molar-refractivity contribution in [1.82, 2.24) is 9.80 Å². The van der Waals surface area contributed by atoms with Gasteiger partial charge in [-0.2, -0.15) is 0 Å². The van der Waals surface area contributed by atoms with Crippen molar-refractivity contribution in [2.75, 3.05) is 26.7 Å². The summed E-state index contributed by atoms with van der Waals surface area (Å²) in [5, 5.41) is 0. The molecule has 2 aromatic rings. The Morgan fingerprint density at radius 1 is 0.929 bits per heavy atom. The van der Waals surface area contributed by atoms with Crippen LogP contribution in [0.4, 0.5) is 0 Å². The average molecular weight is 379 g/mol. The summed E-state index contributed by atoms with van der Waals surface area (Å²) in [7, 11) is 1.70. The van der Waals surface area contributed by atoms with Gasteiger partial charge in [0.2, 0.25) is 5.91 Å². The van der Waals surface area contributed by atoms with E-state index in [2.05, 4.69) is 41.0 Å². The third-order valence-corrected chi connectivity index (χ3v) is 6.52. The summed E-state index contributed by atoms with van der Waals surface area (Å²) >= 11 is 0. The fourth-order valence-corrected chi connectivity index (χ4v) is 4.74. The predicted molar refractivity (Wildman–Crippen MR) is 112 cm³/mol. The van der Waals surface area contributed by atoms with Crippen LogP contribution >= 0.6 is 0 Å². The number of carbonyl (C=O) groups is 1. The molecule has 2 fully saturated rings. The van der Waals surface area contributed by atoms with Crippen LogP contribution in [0, 0.1) is 0 Å². The lowest BCUT2D eigenvalue weighted by molar-refractivity contribution is -0.134. The highest BCUT2D eigenvalue weighted by molar-refractivity contribution is 5.84. The van der Waals surface area contributed by atoms with Crippen molar-refractivity contribution in [3.05, 3.63) is 65.7 Å². The minimum atomic E-state index is 0.0583. The zero-order valence-corrected chi connectivity index (χ0v) is 16.9. The largest absolute Gasteiger partial charge is 0.497 e. The van der Waals surface area contributed by atoms with Gasteiger partial charge in [0, 0.05) is 6.54 Å². The van der Waals surface area contributed by atoms with Crippen molar-refractivity contribution in [3.63, 3.8) is 0 Å². The summed E-state index contributed by atoms with van der Waals surface area (Å²) in [5.74, 6) is 1.79. The molecule has 1 unspecified atom stereocenters. The van der Waals surface area contributed by atoms with Crippen LogP contribution in [0.2, 0.25) is 0 Å². The molecule has 0 bridgehead atoms. The van der Waals surface area contributed by atoms with E-state index < -0.39 is 0 Å². The highest BCUT2D eigenvalue weighted by Gasteiger charge is 2.39. The van der Waals surface area contributed by atoms with Crippen LogP contribution in [0.15, 0.2) is 54.6 Å². The monoisotopic (exact) mass is 378 g/mol. The number of likely N-dealkylation sites (tertiary alicyclic amines) is 2. The fraction of sp³-hybridized carbons (Fsp3) is 0.458. The molecule has 2 aromatic carbocycles. The molecule has 0 saturated carbocycles. The third-order valence-electron chi connectivity index (χ3n) is 6.52. The predicted octanol–water partition coefficient (Wildman–Crippen LogP) is 4.24. The first-order chi connectivity index (χ1) is 13.7. The Kier molecular flexibility index (Phi) is 5.67. The molecule has 28 heavy (non-hydrogen) atoms. The van der Waals surface area contributed by atoms with E-state index in [4.69, 9.17) is 4.74 Å². The Balaban J connectivity index is 1.35. The van der Waals surface area contributed by atoms with Gasteiger partial charge in [-0.1, -0.05) is 42.5 Å². The molecule has 2 saturated heterocycles. The molecule has 0 aromatic heterocycles. The number of amides is 1. The normalized spacial score (nSPS) is 22.4. The number of hydrogen-bond donors (Lipinski definition) is 0. The lowest BCUT2D eigenvalue weighted by Crippen LogP contribution is -2.45. The van der Waals surface area contributed by atoms with Gasteiger partial charge in [0.05, 0.1) is 19.2 Å². The van der Waals surface area contributed by atoms with Gasteiger partial charge < -0.3 is 9.64 Å². The molecule has 4 rings (SSSR count). The molecule has 0 aliphatic carbocycles. The van der Waals surface area contributed by atoms with Gasteiger partial charge in [-0.3, -0.25) is 9.69 Å². The first kappa shape index (κ1) is 19.0. The second-order valence-electron chi connectivity index (χ2n) is 8.01. The van der Waals surface area contributed by atoms with Crippen molar-refractivity contribution in [1.29, 1.82) is 0 Å². The van der Waals surface area contributed by atoms with Crippen LogP contribution in [-0.4, -0.2) is 48.5 Å². The molecule has 1 amide bonds. The Labute approximate surface area is 168 Å². The van der Waals surface area contributed by atoms with Crippen LogP contribution in [0.1, 0.15) is 49.3 Å². The second kappa shape index (κ2) is 8.36. The second-order valence-corrected chi connectivity index (χ2v) is 8.01. The molecular weight excluding hydrogens is 348 g/mol. The molecule has 148 valence electrons. The Bertz CT molecular complexity index is 782. The molecule has 2 aliphatic heterocycles. The summed E-state index contributed by atoms with van der Waals surface area (Å²) in [4.78, 5) is 17.6. The first-order valence-corrected chi connectivity index (χ1v) is 10.4. The molecular formula is C24H30N2O2. The van der Waals surface area contributed by atoms with Gasteiger partial charge in [0.1, 0.15) is 5.75 Å². The summed E-state index contributed by atoms with van der Waals surface area (Å²) < 4.78 is 5.26. The van der Waals surface area contributed by atoms with E-state index in [1.165, 1.54) is 11.1 Å². The summed E-state index contributed by atoms with van der Waals surface area (Å²) in [6.45, 7) is 5.00. The van der Waals surface area contributed by atoms with Gasteiger partial charge in [0.15, 0.2) is 0 Å². The average Bonchev–Trinajstić information content (AvgIpc) is 3.15. The number of benzene rings is 2. The van der Waals surface area contributed by atoms with Crippen molar-refractivity contribution in [3.8, 4) is 5.75 Å². The van der Waals surface area contributed by atoms with E-state index in [9.17, 15) is 4.79 Å². The highest BCUT2D eigenvalue weighted by atomic mass is 16.5. The van der Waals surface area contributed by atoms with Gasteiger partial charge in [-0.15, -0.1) is 0 Å². The number of ether oxygens (including phenoxy) is 1. The van der Waals surface area contributed by atoms with Crippen molar-refractivity contribution >= 4 is 5.91 Å². The van der Waals surface area contributed by atoms with Crippen LogP contribution < -0.4 is 4.74 Å². The molecule has 0 N–H and O–H groups in total. The van der Waals surface area contributed by atoms with Gasteiger partial charge >= 0.3 is 0 Å². The van der Waals surface area contributed by atoms with E-state index in [1.54, 1.807) is 7.11 Å². The van der Waals surface area contributed by atoms with Crippen molar-refractivity contribution < 1.29 is 9.53 Å². The maximum absolute atomic E-state index is 13.1. The molecule has 0 spiro atoms. The van der Waals surface area contributed by atoms with Crippen LogP contribution in [0.25, 0.3) is 0 Å². The van der Waals surface area contributed by atoms with Crippen molar-refractivity contribution in [2.45, 2.75) is 44.2 Å². The number of carbonyl (C=O) groups excluding carboxylic acids is 1. The summed E-state index contributed by atoms with van der Waals surface area (Å²) in [6.07, 6.45) is 3.18. The quantitative estimate of drug-likeness (QED) is 0.780. The van der Waals surface area contributed by atoms with E-state index in [-0.39, 0.29) is 12.1 Å². The number of methoxy groups -OCH3 is 1. The lowest BCUT2D eigenvalue weighted by Gasteiger charge is -2.35. The standard InChI is InChI=1S/C24H30N2O2/c1-18(19-6-4-3-5-7-19)26-17-14-23(24(26)27)25-15-12-21(13-16-25)20-8-10-22(28-2)11-9-20/h3-11,18,21,23H,12-17H2,1-2H3/t18-,23?/m0/s1. The zero-order valence-electron chi connectivity index (χ0n) is 16.9. The van der Waals surface area contributed by atoms with E-state index in [0.717, 1.165) is 44.6 Å². The minimum absolute atomic E-state index is 0.0583. The molecule has 2 atom stereocenters. The highest BCUT2D eigenvalue weighted by Crippen LogP contribution is 2.33. The molecule has 4 heteroatoms. The van der Waals surface area contributed by atoms with Crippen molar-refractivity contribution in [2.24, 2.45) is 0 Å². The topological polar surface area (TPSA) is 32.8 Å². The zero-order chi connectivity index (χ0) is 19.5. The van der Waals surface area contributed by atoms with Crippen LogP contribution in [0.5, 0.6) is 5.75 Å². The van der Waals surface area contributed by atoms with Crippen LogP contribution in [0.3, 0.4) is 0 Å². The SMILES string of the molecule is COc1ccc(C2CCN(C3CCN([C@@H](C)c4ccccc4)C3=O)CC2)cc1. The van der Waals surface area contributed by atoms with Gasteiger partial charge in [-0.05, 0) is 68.5 Å². The Hall–Kier alpha value is -2.33. The lowest BCUT2D eigenvalue weighted by atomic mass is 9.88. The number of hydrogen-bond acceptors (Lipinski definition) is 3. The summed E-state index contributed by atoms with van der Waals surface area (Å²) in [6, 6.07) is 19.0. The van der Waals surface area contributed by atoms with Crippen LogP contribution in [-0.2, 0) is 4.79 Å². The third kappa shape index (κ3) is 3.79. The van der Waals surface area contributed by atoms with E-state index in [0.29, 0.717) is 11.8 Å². The molecule has 4 nitrogen and oxygen atoms in total. The maximum Gasteiger partial charge on any atom is 0.240 e. The fourth-order valence-electron chi connectivity index (χ4n) is 4.74. The van der Waals surface area contributed by atoms with Gasteiger partial charge in [0.25, 0.3) is 0 Å².